The van der Waals surface area contributed by atoms with Gasteiger partial charge in [0.25, 0.3) is 5.91 Å². The Labute approximate surface area is 149 Å². The molecular formula is C20H25N3O2. The number of carbonyl (C=O) groups is 1. The van der Waals surface area contributed by atoms with E-state index in [0.717, 1.165) is 5.56 Å². The number of nitrogens with zero attached hydrogens (tertiary/aromatic N) is 3. The van der Waals surface area contributed by atoms with Crippen molar-refractivity contribution >= 4 is 5.91 Å². The van der Waals surface area contributed by atoms with Gasteiger partial charge in [0.15, 0.2) is 0 Å². The minimum atomic E-state index is -0.0285. The van der Waals surface area contributed by atoms with Crippen LogP contribution in [-0.2, 0) is 4.74 Å². The number of aromatic nitrogens is 2. The Hall–Kier alpha value is -2.27. The predicted octanol–water partition coefficient (Wildman–Crippen LogP) is 3.28. The average molecular weight is 339 g/mol. The minimum Gasteiger partial charge on any atom is -0.379 e. The van der Waals surface area contributed by atoms with E-state index in [1.807, 2.05) is 35.2 Å². The highest BCUT2D eigenvalue weighted by Crippen LogP contribution is 2.29. The number of amides is 1. The number of rotatable bonds is 2. The first kappa shape index (κ1) is 17.5. The summed E-state index contributed by atoms with van der Waals surface area (Å²) >= 11 is 0. The molecule has 0 N–H and O–H groups in total. The van der Waals surface area contributed by atoms with Crippen LogP contribution in [0.25, 0.3) is 11.3 Å². The van der Waals surface area contributed by atoms with E-state index in [0.29, 0.717) is 43.5 Å². The second-order valence-corrected chi connectivity index (χ2v) is 7.54. The van der Waals surface area contributed by atoms with Gasteiger partial charge in [-0.05, 0) is 5.41 Å². The lowest BCUT2D eigenvalue weighted by Gasteiger charge is -2.32. The summed E-state index contributed by atoms with van der Waals surface area (Å²) in [6.45, 7) is 9.10. The molecule has 1 aliphatic heterocycles. The average Bonchev–Trinajstić information content (AvgIpc) is 2.88. The van der Waals surface area contributed by atoms with Gasteiger partial charge in [0.1, 0.15) is 6.33 Å². The van der Waals surface area contributed by atoms with Crippen LogP contribution in [0, 0.1) is 11.3 Å². The van der Waals surface area contributed by atoms with Crippen molar-refractivity contribution in [2.45, 2.75) is 20.8 Å². The van der Waals surface area contributed by atoms with E-state index in [2.05, 4.69) is 30.7 Å². The maximum Gasteiger partial charge on any atom is 0.257 e. The Bertz CT molecular complexity index is 725. The molecule has 5 nitrogen and oxygen atoms in total. The normalized spacial score (nSPS) is 18.7. The minimum absolute atomic E-state index is 0.0285. The van der Waals surface area contributed by atoms with E-state index in [1.165, 1.54) is 6.33 Å². The first-order valence-electron chi connectivity index (χ1n) is 8.69. The molecule has 1 amide bonds. The topological polar surface area (TPSA) is 55.3 Å². The van der Waals surface area contributed by atoms with Crippen molar-refractivity contribution in [1.82, 2.24) is 14.9 Å². The van der Waals surface area contributed by atoms with Crippen molar-refractivity contribution in [3.05, 3.63) is 48.4 Å². The molecule has 1 aliphatic rings. The highest BCUT2D eigenvalue weighted by molar-refractivity contribution is 5.99. The third-order valence-electron chi connectivity index (χ3n) is 4.77. The third-order valence-corrected chi connectivity index (χ3v) is 4.77. The van der Waals surface area contributed by atoms with Gasteiger partial charge in [0.05, 0.1) is 24.5 Å². The van der Waals surface area contributed by atoms with Crippen molar-refractivity contribution in [1.29, 1.82) is 0 Å². The van der Waals surface area contributed by atoms with Crippen molar-refractivity contribution in [2.75, 3.05) is 26.3 Å². The summed E-state index contributed by atoms with van der Waals surface area (Å²) in [5, 5.41) is 0. The highest BCUT2D eigenvalue weighted by atomic mass is 16.5. The van der Waals surface area contributed by atoms with Gasteiger partial charge in [0.2, 0.25) is 0 Å². The lowest BCUT2D eigenvalue weighted by atomic mass is 9.81. The molecule has 2 heterocycles. The summed E-state index contributed by atoms with van der Waals surface area (Å²) in [6, 6.07) is 9.76. The molecule has 1 unspecified atom stereocenters. The van der Waals surface area contributed by atoms with E-state index in [1.54, 1.807) is 6.20 Å². The Balaban J connectivity index is 1.90. The van der Waals surface area contributed by atoms with Gasteiger partial charge in [-0.2, -0.15) is 0 Å². The SMILES string of the molecule is CC(C)(C)C1COCCN(C(=O)c2cncnc2-c2ccccc2)C1. The molecule has 25 heavy (non-hydrogen) atoms. The van der Waals surface area contributed by atoms with Gasteiger partial charge in [-0.25, -0.2) is 9.97 Å². The Morgan fingerprint density at radius 3 is 2.72 bits per heavy atom. The molecule has 0 radical (unpaired) electrons. The summed E-state index contributed by atoms with van der Waals surface area (Å²) in [5.74, 6) is 0.267. The van der Waals surface area contributed by atoms with Crippen molar-refractivity contribution in [3.8, 4) is 11.3 Å². The molecular weight excluding hydrogens is 314 g/mol. The van der Waals surface area contributed by atoms with Gasteiger partial charge in [-0.1, -0.05) is 51.1 Å². The molecule has 1 saturated heterocycles. The standard InChI is InChI=1S/C20H25N3O2/c1-20(2,3)16-12-23(9-10-25-13-16)19(24)17-11-21-14-22-18(17)15-7-5-4-6-8-15/h4-8,11,14,16H,9-10,12-13H2,1-3H3. The van der Waals surface area contributed by atoms with E-state index in [-0.39, 0.29) is 11.3 Å². The van der Waals surface area contributed by atoms with E-state index in [9.17, 15) is 4.79 Å². The summed E-state index contributed by atoms with van der Waals surface area (Å²) in [5.41, 5.74) is 2.23. The Morgan fingerprint density at radius 1 is 1.24 bits per heavy atom. The van der Waals surface area contributed by atoms with Crippen LogP contribution in [0.1, 0.15) is 31.1 Å². The second-order valence-electron chi connectivity index (χ2n) is 7.54. The van der Waals surface area contributed by atoms with Crippen molar-refractivity contribution in [3.63, 3.8) is 0 Å². The molecule has 0 saturated carbocycles. The summed E-state index contributed by atoms with van der Waals surface area (Å²) in [6.07, 6.45) is 3.11. The zero-order chi connectivity index (χ0) is 17.9. The number of hydrogen-bond donors (Lipinski definition) is 0. The Kier molecular flexibility index (Phi) is 5.13. The summed E-state index contributed by atoms with van der Waals surface area (Å²) in [7, 11) is 0. The monoisotopic (exact) mass is 339 g/mol. The fraction of sp³-hybridized carbons (Fsp3) is 0.450. The smallest absolute Gasteiger partial charge is 0.257 e. The zero-order valence-electron chi connectivity index (χ0n) is 15.1. The maximum atomic E-state index is 13.2. The lowest BCUT2D eigenvalue weighted by Crippen LogP contribution is -2.39. The van der Waals surface area contributed by atoms with Gasteiger partial charge in [-0.15, -0.1) is 0 Å². The molecule has 0 aliphatic carbocycles. The quantitative estimate of drug-likeness (QED) is 0.842. The van der Waals surface area contributed by atoms with Crippen molar-refractivity contribution < 1.29 is 9.53 Å². The van der Waals surface area contributed by atoms with Gasteiger partial charge < -0.3 is 9.64 Å². The number of hydrogen-bond acceptors (Lipinski definition) is 4. The fourth-order valence-corrected chi connectivity index (χ4v) is 3.00. The first-order valence-corrected chi connectivity index (χ1v) is 8.69. The van der Waals surface area contributed by atoms with Crippen LogP contribution in [-0.4, -0.2) is 47.1 Å². The van der Waals surface area contributed by atoms with Crippen LogP contribution in [0.15, 0.2) is 42.9 Å². The molecule has 0 bridgehead atoms. The molecule has 5 heteroatoms. The van der Waals surface area contributed by atoms with E-state index < -0.39 is 0 Å². The lowest BCUT2D eigenvalue weighted by molar-refractivity contribution is 0.0692. The van der Waals surface area contributed by atoms with Crippen LogP contribution in [0.2, 0.25) is 0 Å². The molecule has 1 aromatic carbocycles. The predicted molar refractivity (Wildman–Crippen MR) is 97.1 cm³/mol. The highest BCUT2D eigenvalue weighted by Gasteiger charge is 2.32. The largest absolute Gasteiger partial charge is 0.379 e. The molecule has 3 rings (SSSR count). The summed E-state index contributed by atoms with van der Waals surface area (Å²) < 4.78 is 5.74. The molecule has 1 atom stereocenters. The number of benzene rings is 1. The molecule has 132 valence electrons. The third kappa shape index (κ3) is 4.04. The zero-order valence-corrected chi connectivity index (χ0v) is 15.1. The fourth-order valence-electron chi connectivity index (χ4n) is 3.00. The van der Waals surface area contributed by atoms with Crippen LogP contribution in [0.5, 0.6) is 0 Å². The van der Waals surface area contributed by atoms with Gasteiger partial charge >= 0.3 is 0 Å². The molecule has 2 aromatic rings. The van der Waals surface area contributed by atoms with Crippen LogP contribution < -0.4 is 0 Å². The molecule has 0 spiro atoms. The molecule has 1 aromatic heterocycles. The van der Waals surface area contributed by atoms with Crippen molar-refractivity contribution in [2.24, 2.45) is 11.3 Å². The Morgan fingerprint density at radius 2 is 2.00 bits per heavy atom. The second kappa shape index (κ2) is 7.31. The van der Waals surface area contributed by atoms with E-state index >= 15 is 0 Å². The van der Waals surface area contributed by atoms with Crippen LogP contribution in [0.3, 0.4) is 0 Å². The number of carbonyl (C=O) groups excluding carboxylic acids is 1. The maximum absolute atomic E-state index is 13.2. The number of ether oxygens (including phenoxy) is 1. The van der Waals surface area contributed by atoms with E-state index in [4.69, 9.17) is 4.74 Å². The summed E-state index contributed by atoms with van der Waals surface area (Å²) in [4.78, 5) is 23.5. The van der Waals surface area contributed by atoms with Gasteiger partial charge in [-0.3, -0.25) is 4.79 Å². The first-order chi connectivity index (χ1) is 12.0. The molecule has 1 fully saturated rings. The van der Waals surface area contributed by atoms with Gasteiger partial charge in [0, 0.05) is 30.8 Å². The van der Waals surface area contributed by atoms with Crippen LogP contribution in [0.4, 0.5) is 0 Å². The van der Waals surface area contributed by atoms with Crippen LogP contribution >= 0.6 is 0 Å².